The number of hydrogen-bond donors (Lipinski definition) is 1. The summed E-state index contributed by atoms with van der Waals surface area (Å²) in [5.41, 5.74) is 2.09. The Balaban J connectivity index is 1.45. The average Bonchev–Trinajstić information content (AvgIpc) is 3.15. The molecule has 0 spiro atoms. The third-order valence-corrected chi connectivity index (χ3v) is 6.32. The van der Waals surface area contributed by atoms with Gasteiger partial charge in [-0.3, -0.25) is 4.79 Å². The van der Waals surface area contributed by atoms with E-state index in [9.17, 15) is 13.2 Å². The first-order valence-corrected chi connectivity index (χ1v) is 11.9. The number of carbonyl (C=O) groups excluding carboxylic acids is 1. The van der Waals surface area contributed by atoms with Crippen molar-refractivity contribution in [2.45, 2.75) is 18.2 Å². The molecule has 1 aromatic heterocycles. The fourth-order valence-corrected chi connectivity index (χ4v) is 4.32. The van der Waals surface area contributed by atoms with Crippen LogP contribution >= 0.6 is 11.6 Å². The van der Waals surface area contributed by atoms with Crippen LogP contribution in [0.1, 0.15) is 11.4 Å². The summed E-state index contributed by atoms with van der Waals surface area (Å²) in [6.07, 6.45) is -0.146. The van der Waals surface area contributed by atoms with Crippen molar-refractivity contribution in [3.8, 4) is 17.2 Å². The molecular weight excluding hydrogens is 462 g/mol. The number of carbonyl (C=O) groups is 1. The summed E-state index contributed by atoms with van der Waals surface area (Å²) < 4.78 is 34.8. The number of sulfonamides is 1. The summed E-state index contributed by atoms with van der Waals surface area (Å²) in [5.74, 6) is 0.354. The van der Waals surface area contributed by atoms with Crippen LogP contribution in [0.3, 0.4) is 0 Å². The SMILES string of the molecule is Cc1cc(CC(=O)NS(=O)(=O)c2ccc(Oc3ccc(Cl)cc3)cc2)n(-c2ccccc2)n1. The van der Waals surface area contributed by atoms with Crippen LogP contribution in [-0.4, -0.2) is 24.1 Å². The van der Waals surface area contributed by atoms with Gasteiger partial charge in [0.15, 0.2) is 0 Å². The fourth-order valence-electron chi connectivity index (χ4n) is 3.21. The second kappa shape index (κ2) is 9.48. The van der Waals surface area contributed by atoms with E-state index in [4.69, 9.17) is 16.3 Å². The molecule has 7 nitrogen and oxygen atoms in total. The Hall–Kier alpha value is -3.62. The van der Waals surface area contributed by atoms with Crippen molar-refractivity contribution < 1.29 is 17.9 Å². The van der Waals surface area contributed by atoms with Crippen LogP contribution in [0.25, 0.3) is 5.69 Å². The summed E-state index contributed by atoms with van der Waals surface area (Å²) in [4.78, 5) is 12.5. The summed E-state index contributed by atoms with van der Waals surface area (Å²) in [6.45, 7) is 1.81. The van der Waals surface area contributed by atoms with Crippen molar-refractivity contribution in [1.82, 2.24) is 14.5 Å². The number of aryl methyl sites for hydroxylation is 1. The first-order chi connectivity index (χ1) is 15.8. The van der Waals surface area contributed by atoms with Crippen molar-refractivity contribution in [3.05, 3.63) is 101 Å². The van der Waals surface area contributed by atoms with E-state index in [0.29, 0.717) is 22.2 Å². The molecule has 0 unspecified atom stereocenters. The van der Waals surface area contributed by atoms with Gasteiger partial charge in [0, 0.05) is 5.02 Å². The quantitative estimate of drug-likeness (QED) is 0.414. The Morgan fingerprint density at radius 2 is 1.58 bits per heavy atom. The smallest absolute Gasteiger partial charge is 0.264 e. The molecule has 0 radical (unpaired) electrons. The van der Waals surface area contributed by atoms with E-state index in [1.165, 1.54) is 24.3 Å². The minimum absolute atomic E-state index is 0.0490. The lowest BCUT2D eigenvalue weighted by Crippen LogP contribution is -2.32. The molecule has 1 N–H and O–H groups in total. The van der Waals surface area contributed by atoms with E-state index >= 15 is 0 Å². The van der Waals surface area contributed by atoms with Gasteiger partial charge in [-0.15, -0.1) is 0 Å². The number of nitrogens with zero attached hydrogens (tertiary/aromatic N) is 2. The van der Waals surface area contributed by atoms with Crippen molar-refractivity contribution in [2.24, 2.45) is 0 Å². The number of ether oxygens (including phenoxy) is 1. The summed E-state index contributed by atoms with van der Waals surface area (Å²) in [7, 11) is -4.05. The first kappa shape index (κ1) is 22.6. The second-order valence-electron chi connectivity index (χ2n) is 7.26. The van der Waals surface area contributed by atoms with Crippen LogP contribution in [0.4, 0.5) is 0 Å². The molecule has 0 aliphatic rings. The summed E-state index contributed by atoms with van der Waals surface area (Å²) in [5, 5.41) is 4.99. The number of nitrogens with one attached hydrogen (secondary N) is 1. The highest BCUT2D eigenvalue weighted by atomic mass is 35.5. The third-order valence-electron chi connectivity index (χ3n) is 4.68. The average molecular weight is 482 g/mol. The highest BCUT2D eigenvalue weighted by Crippen LogP contribution is 2.24. The van der Waals surface area contributed by atoms with Gasteiger partial charge in [0.05, 0.1) is 28.4 Å². The fraction of sp³-hybridized carbons (Fsp3) is 0.0833. The lowest BCUT2D eigenvalue weighted by Gasteiger charge is -2.10. The van der Waals surface area contributed by atoms with E-state index < -0.39 is 15.9 Å². The van der Waals surface area contributed by atoms with Crippen molar-refractivity contribution in [2.75, 3.05) is 0 Å². The topological polar surface area (TPSA) is 90.3 Å². The predicted molar refractivity (Wildman–Crippen MR) is 125 cm³/mol. The highest BCUT2D eigenvalue weighted by molar-refractivity contribution is 7.90. The maximum atomic E-state index is 12.7. The largest absolute Gasteiger partial charge is 0.457 e. The molecule has 1 heterocycles. The molecule has 0 aliphatic carbocycles. The molecule has 3 aromatic carbocycles. The minimum Gasteiger partial charge on any atom is -0.457 e. The second-order valence-corrected chi connectivity index (χ2v) is 9.38. The molecule has 4 rings (SSSR count). The lowest BCUT2D eigenvalue weighted by molar-refractivity contribution is -0.118. The number of aromatic nitrogens is 2. The van der Waals surface area contributed by atoms with E-state index in [-0.39, 0.29) is 11.3 Å². The first-order valence-electron chi connectivity index (χ1n) is 10.0. The van der Waals surface area contributed by atoms with Gasteiger partial charge in [-0.2, -0.15) is 5.10 Å². The van der Waals surface area contributed by atoms with Gasteiger partial charge >= 0.3 is 0 Å². The highest BCUT2D eigenvalue weighted by Gasteiger charge is 2.20. The molecule has 33 heavy (non-hydrogen) atoms. The molecule has 0 saturated heterocycles. The van der Waals surface area contributed by atoms with Gasteiger partial charge < -0.3 is 4.74 Å². The lowest BCUT2D eigenvalue weighted by atomic mass is 10.2. The van der Waals surface area contributed by atoms with Crippen LogP contribution < -0.4 is 9.46 Å². The van der Waals surface area contributed by atoms with E-state index in [1.54, 1.807) is 35.0 Å². The molecule has 168 valence electrons. The van der Waals surface area contributed by atoms with Crippen molar-refractivity contribution in [3.63, 3.8) is 0 Å². The van der Waals surface area contributed by atoms with Gasteiger partial charge in [0.25, 0.3) is 10.0 Å². The Kier molecular flexibility index (Phi) is 6.48. The number of para-hydroxylation sites is 1. The molecule has 0 aliphatic heterocycles. The molecule has 0 atom stereocenters. The van der Waals surface area contributed by atoms with Gasteiger partial charge in [0.2, 0.25) is 5.91 Å². The molecule has 0 fully saturated rings. The maximum Gasteiger partial charge on any atom is 0.264 e. The van der Waals surface area contributed by atoms with E-state index in [0.717, 1.165) is 11.4 Å². The monoisotopic (exact) mass is 481 g/mol. The summed E-state index contributed by atoms with van der Waals surface area (Å²) >= 11 is 5.86. The van der Waals surface area contributed by atoms with Crippen LogP contribution in [0.15, 0.2) is 89.8 Å². The maximum absolute atomic E-state index is 12.7. The van der Waals surface area contributed by atoms with Crippen LogP contribution in [-0.2, 0) is 21.2 Å². The zero-order chi connectivity index (χ0) is 23.4. The van der Waals surface area contributed by atoms with Crippen LogP contribution in [0, 0.1) is 6.92 Å². The third kappa shape index (κ3) is 5.60. The Bertz CT molecular complexity index is 1370. The van der Waals surface area contributed by atoms with Crippen LogP contribution in [0.5, 0.6) is 11.5 Å². The van der Waals surface area contributed by atoms with Gasteiger partial charge in [-0.1, -0.05) is 29.8 Å². The normalized spacial score (nSPS) is 11.2. The van der Waals surface area contributed by atoms with E-state index in [2.05, 4.69) is 9.82 Å². The Morgan fingerprint density at radius 1 is 0.970 bits per heavy atom. The minimum atomic E-state index is -4.05. The van der Waals surface area contributed by atoms with Crippen molar-refractivity contribution >= 4 is 27.5 Å². The van der Waals surface area contributed by atoms with Crippen LogP contribution in [0.2, 0.25) is 5.02 Å². The molecular formula is C24H20ClN3O4S. The predicted octanol–water partition coefficient (Wildman–Crippen LogP) is 4.67. The Labute approximate surface area is 196 Å². The van der Waals surface area contributed by atoms with Gasteiger partial charge in [-0.05, 0) is 73.7 Å². The Morgan fingerprint density at radius 3 is 2.21 bits per heavy atom. The zero-order valence-corrected chi connectivity index (χ0v) is 19.2. The number of hydrogen-bond acceptors (Lipinski definition) is 5. The molecule has 4 aromatic rings. The van der Waals surface area contributed by atoms with Gasteiger partial charge in [-0.25, -0.2) is 17.8 Å². The number of benzene rings is 3. The van der Waals surface area contributed by atoms with Crippen molar-refractivity contribution in [1.29, 1.82) is 0 Å². The zero-order valence-electron chi connectivity index (χ0n) is 17.6. The van der Waals surface area contributed by atoms with Gasteiger partial charge in [0.1, 0.15) is 11.5 Å². The molecule has 0 saturated carbocycles. The number of halogens is 1. The number of rotatable bonds is 7. The van der Waals surface area contributed by atoms with E-state index in [1.807, 2.05) is 37.3 Å². The molecule has 9 heteroatoms. The molecule has 1 amide bonds. The summed E-state index contributed by atoms with van der Waals surface area (Å²) in [6, 6.07) is 23.6. The standard InChI is InChI=1S/C24H20ClN3O4S/c1-17-15-20(28(26-17)19-5-3-2-4-6-19)16-24(29)27-33(30,31)23-13-11-22(12-14-23)32-21-9-7-18(25)8-10-21/h2-15H,16H2,1H3,(H,27,29). The molecule has 0 bridgehead atoms. The number of amides is 1.